The number of carbonyl (C=O) groups is 2. The van der Waals surface area contributed by atoms with Gasteiger partial charge in [0.05, 0.1) is 0 Å². The summed E-state index contributed by atoms with van der Waals surface area (Å²) < 4.78 is 1.66. The van der Waals surface area contributed by atoms with Crippen LogP contribution < -0.4 is 10.6 Å². The van der Waals surface area contributed by atoms with Gasteiger partial charge in [0.2, 0.25) is 0 Å². The minimum Gasteiger partial charge on any atom is -0.349 e. The molecule has 0 aliphatic rings. The molecule has 2 N–H and O–H groups in total. The van der Waals surface area contributed by atoms with Crippen LogP contribution in [0.15, 0.2) is 12.3 Å². The van der Waals surface area contributed by atoms with Crippen molar-refractivity contribution in [1.82, 2.24) is 15.2 Å². The van der Waals surface area contributed by atoms with Crippen LogP contribution in [0.3, 0.4) is 0 Å². The number of Topliss-reactive ketones (excluding diaryl/α,β-unsaturated/α-hetero) is 1. The van der Waals surface area contributed by atoms with Gasteiger partial charge in [-0.25, -0.2) is 0 Å². The zero-order chi connectivity index (χ0) is 13.0. The number of likely N-dealkylation sites (N-methyl/N-ethyl adjacent to an activating group) is 1. The summed E-state index contributed by atoms with van der Waals surface area (Å²) in [7, 11) is 3.59. The Morgan fingerprint density at radius 1 is 1.47 bits per heavy atom. The number of hydrogen-bond acceptors (Lipinski definition) is 3. The minimum atomic E-state index is -0.165. The fourth-order valence-corrected chi connectivity index (χ4v) is 1.42. The first-order chi connectivity index (χ1) is 7.95. The van der Waals surface area contributed by atoms with E-state index in [4.69, 9.17) is 0 Å². The molecule has 0 radical (unpaired) electrons. The summed E-state index contributed by atoms with van der Waals surface area (Å²) >= 11 is 0. The summed E-state index contributed by atoms with van der Waals surface area (Å²) in [4.78, 5) is 23.0. The Labute approximate surface area is 101 Å². The van der Waals surface area contributed by atoms with Gasteiger partial charge in [-0.05, 0) is 27.0 Å². The minimum absolute atomic E-state index is 0.0387. The molecule has 1 heterocycles. The van der Waals surface area contributed by atoms with Crippen LogP contribution in [0.1, 0.15) is 34.7 Å². The largest absolute Gasteiger partial charge is 0.349 e. The third-order valence-electron chi connectivity index (χ3n) is 2.71. The van der Waals surface area contributed by atoms with Crippen molar-refractivity contribution in [2.45, 2.75) is 19.9 Å². The number of nitrogens with one attached hydrogen (secondary N) is 2. The molecule has 0 fully saturated rings. The molecule has 0 aliphatic carbocycles. The molecule has 1 aromatic heterocycles. The lowest BCUT2D eigenvalue weighted by molar-refractivity contribution is 0.0942. The summed E-state index contributed by atoms with van der Waals surface area (Å²) in [6, 6.07) is 1.83. The van der Waals surface area contributed by atoms with E-state index >= 15 is 0 Å². The Morgan fingerprint density at radius 3 is 2.59 bits per heavy atom. The standard InChI is InChI=1S/C12H19N3O2/c1-8(13-3)6-14-12(17)11-5-10(9(2)16)7-15(11)4/h5,7-8,13H,6H2,1-4H3,(H,14,17). The lowest BCUT2D eigenvalue weighted by Crippen LogP contribution is -2.37. The van der Waals surface area contributed by atoms with Crippen molar-refractivity contribution in [1.29, 1.82) is 0 Å². The second-order valence-electron chi connectivity index (χ2n) is 4.18. The molecule has 0 saturated carbocycles. The molecule has 5 heteroatoms. The number of aromatic nitrogens is 1. The highest BCUT2D eigenvalue weighted by molar-refractivity contribution is 5.99. The van der Waals surface area contributed by atoms with Gasteiger partial charge in [0, 0.05) is 31.4 Å². The lowest BCUT2D eigenvalue weighted by Gasteiger charge is -2.11. The maximum Gasteiger partial charge on any atom is 0.267 e. The van der Waals surface area contributed by atoms with Crippen LogP contribution in [0.5, 0.6) is 0 Å². The first kappa shape index (κ1) is 13.4. The summed E-state index contributed by atoms with van der Waals surface area (Å²) in [6.45, 7) is 4.02. The predicted molar refractivity (Wildman–Crippen MR) is 66.3 cm³/mol. The molecule has 1 amide bonds. The molecule has 1 atom stereocenters. The third kappa shape index (κ3) is 3.42. The van der Waals surface area contributed by atoms with E-state index in [9.17, 15) is 9.59 Å². The highest BCUT2D eigenvalue weighted by atomic mass is 16.2. The summed E-state index contributed by atoms with van der Waals surface area (Å²) in [5.74, 6) is -0.203. The van der Waals surface area contributed by atoms with E-state index in [-0.39, 0.29) is 17.7 Å². The Hall–Kier alpha value is -1.62. The molecule has 5 nitrogen and oxygen atoms in total. The molecule has 94 valence electrons. The van der Waals surface area contributed by atoms with Crippen molar-refractivity contribution in [2.75, 3.05) is 13.6 Å². The van der Waals surface area contributed by atoms with Gasteiger partial charge < -0.3 is 15.2 Å². The molecule has 0 aromatic carbocycles. The van der Waals surface area contributed by atoms with Crippen LogP contribution in [0.25, 0.3) is 0 Å². The molecule has 0 saturated heterocycles. The van der Waals surface area contributed by atoms with E-state index < -0.39 is 0 Å². The van der Waals surface area contributed by atoms with Crippen molar-refractivity contribution in [3.8, 4) is 0 Å². The second kappa shape index (κ2) is 5.63. The molecule has 1 aromatic rings. The number of carbonyl (C=O) groups excluding carboxylic acids is 2. The van der Waals surface area contributed by atoms with Gasteiger partial charge in [-0.1, -0.05) is 0 Å². The van der Waals surface area contributed by atoms with E-state index in [0.717, 1.165) is 0 Å². The van der Waals surface area contributed by atoms with Crippen molar-refractivity contribution in [2.24, 2.45) is 7.05 Å². The normalized spacial score (nSPS) is 12.2. The van der Waals surface area contributed by atoms with Crippen LogP contribution in [-0.4, -0.2) is 35.9 Å². The summed E-state index contributed by atoms with van der Waals surface area (Å²) in [5, 5.41) is 5.84. The number of aryl methyl sites for hydroxylation is 1. The summed E-state index contributed by atoms with van der Waals surface area (Å²) in [6.07, 6.45) is 1.67. The molecule has 17 heavy (non-hydrogen) atoms. The third-order valence-corrected chi connectivity index (χ3v) is 2.71. The highest BCUT2D eigenvalue weighted by Crippen LogP contribution is 2.07. The van der Waals surface area contributed by atoms with E-state index in [2.05, 4.69) is 10.6 Å². The smallest absolute Gasteiger partial charge is 0.267 e. The Balaban J connectivity index is 2.72. The van der Waals surface area contributed by atoms with Crippen molar-refractivity contribution in [3.63, 3.8) is 0 Å². The van der Waals surface area contributed by atoms with Crippen LogP contribution in [0.2, 0.25) is 0 Å². The maximum atomic E-state index is 11.9. The maximum absolute atomic E-state index is 11.9. The van der Waals surface area contributed by atoms with Gasteiger partial charge in [-0.3, -0.25) is 9.59 Å². The quantitative estimate of drug-likeness (QED) is 0.736. The molecule has 0 bridgehead atoms. The number of nitrogens with zero attached hydrogens (tertiary/aromatic N) is 1. The molecule has 0 spiro atoms. The monoisotopic (exact) mass is 237 g/mol. The van der Waals surface area contributed by atoms with Crippen molar-refractivity contribution >= 4 is 11.7 Å². The fraction of sp³-hybridized carbons (Fsp3) is 0.500. The lowest BCUT2D eigenvalue weighted by atomic mass is 10.2. The van der Waals surface area contributed by atoms with E-state index in [0.29, 0.717) is 17.8 Å². The average molecular weight is 237 g/mol. The molecule has 1 rings (SSSR count). The van der Waals surface area contributed by atoms with Gasteiger partial charge in [-0.2, -0.15) is 0 Å². The predicted octanol–water partition coefficient (Wildman–Crippen LogP) is 0.565. The molecule has 1 unspecified atom stereocenters. The van der Waals surface area contributed by atoms with Crippen LogP contribution in [0.4, 0.5) is 0 Å². The highest BCUT2D eigenvalue weighted by Gasteiger charge is 2.13. The van der Waals surface area contributed by atoms with Crippen molar-refractivity contribution in [3.05, 3.63) is 23.5 Å². The van der Waals surface area contributed by atoms with E-state index in [1.54, 1.807) is 23.9 Å². The summed E-state index contributed by atoms with van der Waals surface area (Å²) in [5.41, 5.74) is 1.05. The van der Waals surface area contributed by atoms with Crippen molar-refractivity contribution < 1.29 is 9.59 Å². The van der Waals surface area contributed by atoms with Crippen LogP contribution >= 0.6 is 0 Å². The zero-order valence-corrected chi connectivity index (χ0v) is 10.7. The number of hydrogen-bond donors (Lipinski definition) is 2. The second-order valence-corrected chi connectivity index (χ2v) is 4.18. The number of ketones is 1. The fourth-order valence-electron chi connectivity index (χ4n) is 1.42. The van der Waals surface area contributed by atoms with Gasteiger partial charge in [0.1, 0.15) is 5.69 Å². The first-order valence-electron chi connectivity index (χ1n) is 5.58. The van der Waals surface area contributed by atoms with Gasteiger partial charge in [0.15, 0.2) is 5.78 Å². The molecular weight excluding hydrogens is 218 g/mol. The molecule has 0 aliphatic heterocycles. The number of amides is 1. The number of rotatable bonds is 5. The molecular formula is C12H19N3O2. The van der Waals surface area contributed by atoms with E-state index in [1.807, 2.05) is 14.0 Å². The zero-order valence-electron chi connectivity index (χ0n) is 10.7. The Morgan fingerprint density at radius 2 is 2.12 bits per heavy atom. The van der Waals surface area contributed by atoms with Crippen LogP contribution in [-0.2, 0) is 7.05 Å². The van der Waals surface area contributed by atoms with Gasteiger partial charge in [-0.15, -0.1) is 0 Å². The Bertz CT molecular complexity index is 423. The SMILES string of the molecule is CNC(C)CNC(=O)c1cc(C(C)=O)cn1C. The van der Waals surface area contributed by atoms with Gasteiger partial charge >= 0.3 is 0 Å². The van der Waals surface area contributed by atoms with Gasteiger partial charge in [0.25, 0.3) is 5.91 Å². The van der Waals surface area contributed by atoms with E-state index in [1.165, 1.54) is 6.92 Å². The van der Waals surface area contributed by atoms with Crippen LogP contribution in [0, 0.1) is 0 Å². The Kier molecular flexibility index (Phi) is 4.45. The average Bonchev–Trinajstić information content (AvgIpc) is 2.68. The topological polar surface area (TPSA) is 63.1 Å². The first-order valence-corrected chi connectivity index (χ1v) is 5.58.